The first-order chi connectivity index (χ1) is 7.63. The highest BCUT2D eigenvalue weighted by atomic mass is 16.4. The fraction of sp³-hybridized carbons (Fsp3) is 0.250. The molecule has 3 rings (SSSR count). The maximum atomic E-state index is 5.68. The zero-order valence-corrected chi connectivity index (χ0v) is 9.15. The topological polar surface area (TPSA) is 65.2 Å². The van der Waals surface area contributed by atoms with Crippen LogP contribution in [0.3, 0.4) is 0 Å². The molecule has 0 aliphatic heterocycles. The Morgan fingerprint density at radius 2 is 1.75 bits per heavy atom. The van der Waals surface area contributed by atoms with Crippen molar-refractivity contribution in [3.05, 3.63) is 24.0 Å². The van der Waals surface area contributed by atoms with Crippen LogP contribution in [-0.2, 0) is 0 Å². The first-order valence-corrected chi connectivity index (χ1v) is 5.23. The van der Waals surface area contributed by atoms with Crippen LogP contribution < -0.4 is 5.73 Å². The van der Waals surface area contributed by atoms with Crippen LogP contribution in [0.15, 0.2) is 27.0 Å². The molecule has 82 valence electrons. The van der Waals surface area contributed by atoms with E-state index < -0.39 is 0 Å². The predicted molar refractivity (Wildman–Crippen MR) is 62.3 cm³/mol. The minimum atomic E-state index is 0.352. The van der Waals surface area contributed by atoms with Crippen LogP contribution in [0.1, 0.15) is 25.5 Å². The second-order valence-electron chi connectivity index (χ2n) is 4.21. The third-order valence-electron chi connectivity index (χ3n) is 2.59. The molecule has 0 aliphatic rings. The van der Waals surface area contributed by atoms with E-state index in [-0.39, 0.29) is 0 Å². The molecule has 3 aromatic rings. The summed E-state index contributed by atoms with van der Waals surface area (Å²) < 4.78 is 11.0. The monoisotopic (exact) mass is 216 g/mol. The molecule has 0 aromatic carbocycles. The second-order valence-corrected chi connectivity index (χ2v) is 4.21. The van der Waals surface area contributed by atoms with E-state index in [0.29, 0.717) is 17.4 Å². The smallest absolute Gasteiger partial charge is 0.193 e. The summed E-state index contributed by atoms with van der Waals surface area (Å²) in [6, 6.07) is 5.51. The largest absolute Gasteiger partial charge is 0.459 e. The Bertz CT molecular complexity index is 613. The molecular formula is C12H12N2O2. The van der Waals surface area contributed by atoms with E-state index in [2.05, 4.69) is 18.8 Å². The number of nitrogens with two attached hydrogens (primary N) is 1. The number of nitrogen functional groups attached to an aromatic ring is 1. The van der Waals surface area contributed by atoms with Crippen molar-refractivity contribution in [2.24, 2.45) is 0 Å². The molecule has 0 bridgehead atoms. The van der Waals surface area contributed by atoms with Crippen molar-refractivity contribution in [2.75, 3.05) is 5.73 Å². The first-order valence-electron chi connectivity index (χ1n) is 5.23. The summed E-state index contributed by atoms with van der Waals surface area (Å²) >= 11 is 0. The Balaban J connectivity index is 2.31. The SMILES string of the molecule is CC(C)c1cc2nc3cc(N)oc3cc2o1. The van der Waals surface area contributed by atoms with Crippen molar-refractivity contribution in [3.63, 3.8) is 0 Å². The van der Waals surface area contributed by atoms with Crippen LogP contribution in [0, 0.1) is 0 Å². The van der Waals surface area contributed by atoms with Gasteiger partial charge >= 0.3 is 0 Å². The quantitative estimate of drug-likeness (QED) is 0.677. The summed E-state index contributed by atoms with van der Waals surface area (Å²) in [5, 5.41) is 0. The lowest BCUT2D eigenvalue weighted by atomic mass is 10.1. The standard InChI is InChI=1S/C12H12N2O2/c1-6(2)9-3-7-10(15-9)5-11-8(14-7)4-12(13)16-11/h3-6H,13H2,1-2H3. The van der Waals surface area contributed by atoms with Gasteiger partial charge in [-0.1, -0.05) is 13.8 Å². The number of hydrogen-bond acceptors (Lipinski definition) is 4. The van der Waals surface area contributed by atoms with Crippen LogP contribution >= 0.6 is 0 Å². The number of fused-ring (bicyclic) bond motifs is 2. The van der Waals surface area contributed by atoms with Crippen molar-refractivity contribution in [1.29, 1.82) is 0 Å². The lowest BCUT2D eigenvalue weighted by Gasteiger charge is -1.95. The Morgan fingerprint density at radius 3 is 2.50 bits per heavy atom. The lowest BCUT2D eigenvalue weighted by molar-refractivity contribution is 0.521. The highest BCUT2D eigenvalue weighted by molar-refractivity contribution is 5.88. The molecule has 3 heterocycles. The minimum Gasteiger partial charge on any atom is -0.459 e. The van der Waals surface area contributed by atoms with Gasteiger partial charge in [-0.05, 0) is 0 Å². The summed E-state index contributed by atoms with van der Waals surface area (Å²) in [7, 11) is 0. The number of hydrogen-bond donors (Lipinski definition) is 1. The molecular weight excluding hydrogens is 204 g/mol. The van der Waals surface area contributed by atoms with E-state index >= 15 is 0 Å². The van der Waals surface area contributed by atoms with E-state index in [1.54, 1.807) is 6.07 Å². The van der Waals surface area contributed by atoms with Gasteiger partial charge in [-0.25, -0.2) is 4.98 Å². The van der Waals surface area contributed by atoms with Gasteiger partial charge in [0.2, 0.25) is 0 Å². The third-order valence-corrected chi connectivity index (χ3v) is 2.59. The molecule has 0 radical (unpaired) electrons. The molecule has 0 spiro atoms. The maximum Gasteiger partial charge on any atom is 0.193 e. The Morgan fingerprint density at radius 1 is 1.06 bits per heavy atom. The summed E-state index contributed by atoms with van der Waals surface area (Å²) in [6.07, 6.45) is 0. The molecule has 0 atom stereocenters. The number of furan rings is 2. The molecule has 0 saturated carbocycles. The van der Waals surface area contributed by atoms with Crippen molar-refractivity contribution in [2.45, 2.75) is 19.8 Å². The third kappa shape index (κ3) is 1.26. The van der Waals surface area contributed by atoms with Gasteiger partial charge in [0.25, 0.3) is 0 Å². The van der Waals surface area contributed by atoms with Crippen LogP contribution in [0.25, 0.3) is 22.2 Å². The van der Waals surface area contributed by atoms with E-state index in [1.165, 1.54) is 0 Å². The average molecular weight is 216 g/mol. The molecule has 0 unspecified atom stereocenters. The van der Waals surface area contributed by atoms with Gasteiger partial charge < -0.3 is 14.6 Å². The van der Waals surface area contributed by atoms with Crippen LogP contribution in [-0.4, -0.2) is 4.98 Å². The van der Waals surface area contributed by atoms with Gasteiger partial charge in [-0.2, -0.15) is 0 Å². The summed E-state index contributed by atoms with van der Waals surface area (Å²) in [5.41, 5.74) is 8.58. The minimum absolute atomic E-state index is 0.352. The van der Waals surface area contributed by atoms with Crippen molar-refractivity contribution in [1.82, 2.24) is 4.98 Å². The van der Waals surface area contributed by atoms with Crippen molar-refractivity contribution in [3.8, 4) is 0 Å². The highest BCUT2D eigenvalue weighted by Crippen LogP contribution is 2.28. The summed E-state index contributed by atoms with van der Waals surface area (Å²) in [6.45, 7) is 4.17. The van der Waals surface area contributed by atoms with E-state index in [9.17, 15) is 0 Å². The van der Waals surface area contributed by atoms with Crippen LogP contribution in [0.2, 0.25) is 0 Å². The predicted octanol–water partition coefficient (Wildman–Crippen LogP) is 3.28. The lowest BCUT2D eigenvalue weighted by Crippen LogP contribution is -1.79. The van der Waals surface area contributed by atoms with Gasteiger partial charge in [0.05, 0.1) is 0 Å². The molecule has 0 fully saturated rings. The number of nitrogens with zero attached hydrogens (tertiary/aromatic N) is 1. The van der Waals surface area contributed by atoms with E-state index in [0.717, 1.165) is 22.4 Å². The molecule has 4 heteroatoms. The number of pyridine rings is 1. The summed E-state index contributed by atoms with van der Waals surface area (Å²) in [5.74, 6) is 1.66. The molecule has 3 aromatic heterocycles. The zero-order chi connectivity index (χ0) is 11.3. The normalized spacial score (nSPS) is 11.9. The van der Waals surface area contributed by atoms with Gasteiger partial charge in [0.1, 0.15) is 16.8 Å². The van der Waals surface area contributed by atoms with Gasteiger partial charge in [-0.3, -0.25) is 0 Å². The zero-order valence-electron chi connectivity index (χ0n) is 9.15. The van der Waals surface area contributed by atoms with Gasteiger partial charge in [0, 0.05) is 24.1 Å². The second kappa shape index (κ2) is 3.01. The van der Waals surface area contributed by atoms with Crippen molar-refractivity contribution >= 4 is 28.1 Å². The Labute approximate surface area is 92.0 Å². The van der Waals surface area contributed by atoms with Gasteiger partial charge in [0.15, 0.2) is 17.1 Å². The Hall–Kier alpha value is -1.97. The van der Waals surface area contributed by atoms with E-state index in [1.807, 2.05) is 12.1 Å². The maximum absolute atomic E-state index is 5.68. The van der Waals surface area contributed by atoms with Crippen LogP contribution in [0.4, 0.5) is 5.88 Å². The molecule has 4 nitrogen and oxygen atoms in total. The number of rotatable bonds is 1. The van der Waals surface area contributed by atoms with Gasteiger partial charge in [-0.15, -0.1) is 0 Å². The molecule has 16 heavy (non-hydrogen) atoms. The van der Waals surface area contributed by atoms with Crippen molar-refractivity contribution < 1.29 is 8.83 Å². The molecule has 0 amide bonds. The fourth-order valence-corrected chi connectivity index (χ4v) is 1.74. The molecule has 2 N–H and O–H groups in total. The fourth-order valence-electron chi connectivity index (χ4n) is 1.74. The summed E-state index contributed by atoms with van der Waals surface area (Å²) in [4.78, 5) is 4.43. The van der Waals surface area contributed by atoms with Crippen LogP contribution in [0.5, 0.6) is 0 Å². The average Bonchev–Trinajstić information content (AvgIpc) is 2.74. The molecule has 0 saturated heterocycles. The molecule has 0 aliphatic carbocycles. The first kappa shape index (κ1) is 9.27. The number of aromatic nitrogens is 1. The highest BCUT2D eigenvalue weighted by Gasteiger charge is 2.11. The number of anilines is 1. The Kier molecular flexibility index (Phi) is 1.74. The van der Waals surface area contributed by atoms with E-state index in [4.69, 9.17) is 14.6 Å².